The van der Waals surface area contributed by atoms with E-state index in [1.54, 1.807) is 6.20 Å². The van der Waals surface area contributed by atoms with E-state index in [4.69, 9.17) is 0 Å². The summed E-state index contributed by atoms with van der Waals surface area (Å²) in [5.41, 5.74) is 0. The summed E-state index contributed by atoms with van der Waals surface area (Å²) in [5.74, 6) is 0.742. The fourth-order valence-corrected chi connectivity index (χ4v) is 4.77. The second-order valence-corrected chi connectivity index (χ2v) is 8.18. The highest BCUT2D eigenvalue weighted by atomic mass is 79.9. The second-order valence-electron chi connectivity index (χ2n) is 5.35. The molecule has 1 saturated carbocycles. The smallest absolute Gasteiger partial charge is 0.259 e. The first-order chi connectivity index (χ1) is 9.44. The van der Waals surface area contributed by atoms with Gasteiger partial charge in [-0.2, -0.15) is 0 Å². The molecule has 0 aliphatic heterocycles. The van der Waals surface area contributed by atoms with E-state index >= 15 is 0 Å². The Morgan fingerprint density at radius 1 is 1.45 bits per heavy atom. The van der Waals surface area contributed by atoms with Gasteiger partial charge in [0.2, 0.25) is 0 Å². The summed E-state index contributed by atoms with van der Waals surface area (Å²) in [7, 11) is -3.52. The van der Waals surface area contributed by atoms with Crippen molar-refractivity contribution in [2.24, 2.45) is 0 Å². The fraction of sp³-hybridized carbons (Fsp3) is 0.769. The van der Waals surface area contributed by atoms with E-state index < -0.39 is 10.0 Å². The average Bonchev–Trinajstić information content (AvgIpc) is 2.75. The molecule has 2 rings (SSSR count). The SMILES string of the molecule is CCCn1cc(S(=O)(=O)NC2CCCCC2Br)nc1C. The molecule has 2 unspecified atom stereocenters. The average molecular weight is 364 g/mol. The van der Waals surface area contributed by atoms with Gasteiger partial charge in [-0.25, -0.2) is 18.1 Å². The van der Waals surface area contributed by atoms with Crippen LogP contribution in [0, 0.1) is 6.92 Å². The van der Waals surface area contributed by atoms with Gasteiger partial charge < -0.3 is 4.57 Å². The molecule has 1 aromatic heterocycles. The molecule has 1 N–H and O–H groups in total. The molecule has 0 radical (unpaired) electrons. The molecule has 0 amide bonds. The number of hydrogen-bond acceptors (Lipinski definition) is 3. The topological polar surface area (TPSA) is 64.0 Å². The van der Waals surface area contributed by atoms with Crippen LogP contribution < -0.4 is 4.72 Å². The van der Waals surface area contributed by atoms with Gasteiger partial charge in [-0.1, -0.05) is 35.7 Å². The van der Waals surface area contributed by atoms with Crippen molar-refractivity contribution < 1.29 is 8.42 Å². The van der Waals surface area contributed by atoms with Gasteiger partial charge in [-0.3, -0.25) is 0 Å². The lowest BCUT2D eigenvalue weighted by molar-refractivity contribution is 0.427. The molecule has 1 aromatic rings. The van der Waals surface area contributed by atoms with Crippen LogP contribution in [-0.4, -0.2) is 28.8 Å². The van der Waals surface area contributed by atoms with Crippen molar-refractivity contribution in [3.8, 4) is 0 Å². The summed E-state index contributed by atoms with van der Waals surface area (Å²) in [5, 5.41) is 0.133. The number of aromatic nitrogens is 2. The first-order valence-corrected chi connectivity index (χ1v) is 9.54. The zero-order valence-corrected chi connectivity index (χ0v) is 14.4. The maximum Gasteiger partial charge on any atom is 0.259 e. The van der Waals surface area contributed by atoms with Gasteiger partial charge in [0.25, 0.3) is 10.0 Å². The van der Waals surface area contributed by atoms with Crippen molar-refractivity contribution in [2.45, 2.75) is 68.4 Å². The maximum atomic E-state index is 12.4. The zero-order chi connectivity index (χ0) is 14.8. The van der Waals surface area contributed by atoms with Crippen LogP contribution in [-0.2, 0) is 16.6 Å². The normalized spacial score (nSPS) is 23.9. The van der Waals surface area contributed by atoms with E-state index in [-0.39, 0.29) is 15.9 Å². The molecule has 7 heteroatoms. The minimum atomic E-state index is -3.52. The lowest BCUT2D eigenvalue weighted by Gasteiger charge is -2.27. The summed E-state index contributed by atoms with van der Waals surface area (Å²) < 4.78 is 29.5. The molecule has 5 nitrogen and oxygen atoms in total. The molecule has 2 atom stereocenters. The Bertz CT molecular complexity index is 556. The Hall–Kier alpha value is -0.400. The summed E-state index contributed by atoms with van der Waals surface area (Å²) >= 11 is 3.57. The number of sulfonamides is 1. The van der Waals surface area contributed by atoms with E-state index in [9.17, 15) is 8.42 Å². The quantitative estimate of drug-likeness (QED) is 0.817. The minimum Gasteiger partial charge on any atom is -0.334 e. The zero-order valence-electron chi connectivity index (χ0n) is 12.0. The molecule has 1 fully saturated rings. The van der Waals surface area contributed by atoms with Gasteiger partial charge in [-0.15, -0.1) is 0 Å². The van der Waals surface area contributed by atoms with Crippen LogP contribution in [0.5, 0.6) is 0 Å². The molecule has 0 bridgehead atoms. The molecule has 0 saturated heterocycles. The number of nitrogens with one attached hydrogen (secondary N) is 1. The molecule has 1 aliphatic carbocycles. The van der Waals surface area contributed by atoms with Crippen molar-refractivity contribution >= 4 is 26.0 Å². The monoisotopic (exact) mass is 363 g/mol. The van der Waals surface area contributed by atoms with Crippen LogP contribution in [0.1, 0.15) is 44.9 Å². The third-order valence-corrected chi connectivity index (χ3v) is 6.14. The van der Waals surface area contributed by atoms with Crippen LogP contribution in [0.4, 0.5) is 0 Å². The van der Waals surface area contributed by atoms with Crippen LogP contribution in [0.25, 0.3) is 0 Å². The van der Waals surface area contributed by atoms with Crippen LogP contribution in [0.2, 0.25) is 0 Å². The van der Waals surface area contributed by atoms with Crippen LogP contribution in [0.15, 0.2) is 11.2 Å². The number of halogens is 1. The van der Waals surface area contributed by atoms with Crippen molar-refractivity contribution in [1.29, 1.82) is 0 Å². The third kappa shape index (κ3) is 3.62. The molecule has 0 aromatic carbocycles. The van der Waals surface area contributed by atoms with Crippen LogP contribution >= 0.6 is 15.9 Å². The van der Waals surface area contributed by atoms with Gasteiger partial charge in [0, 0.05) is 23.6 Å². The number of aryl methyl sites for hydroxylation is 2. The van der Waals surface area contributed by atoms with E-state index in [0.717, 1.165) is 44.5 Å². The van der Waals surface area contributed by atoms with Crippen molar-refractivity contribution in [1.82, 2.24) is 14.3 Å². The Labute approximate surface area is 129 Å². The Balaban J connectivity index is 2.15. The number of nitrogens with zero attached hydrogens (tertiary/aromatic N) is 2. The van der Waals surface area contributed by atoms with E-state index in [0.29, 0.717) is 0 Å². The highest BCUT2D eigenvalue weighted by Crippen LogP contribution is 2.25. The second kappa shape index (κ2) is 6.58. The Kier molecular flexibility index (Phi) is 5.25. The molecule has 1 aliphatic rings. The maximum absolute atomic E-state index is 12.4. The van der Waals surface area contributed by atoms with Crippen LogP contribution in [0.3, 0.4) is 0 Å². The van der Waals surface area contributed by atoms with E-state index in [2.05, 4.69) is 32.6 Å². The molecule has 114 valence electrons. The largest absolute Gasteiger partial charge is 0.334 e. The number of rotatable bonds is 5. The summed E-state index contributed by atoms with van der Waals surface area (Å²) in [6.45, 7) is 4.69. The van der Waals surface area contributed by atoms with E-state index in [1.165, 1.54) is 0 Å². The summed E-state index contributed by atoms with van der Waals surface area (Å²) in [4.78, 5) is 4.40. The Morgan fingerprint density at radius 2 is 2.15 bits per heavy atom. The van der Waals surface area contributed by atoms with Gasteiger partial charge in [0.05, 0.1) is 0 Å². The predicted molar refractivity (Wildman–Crippen MR) is 82.5 cm³/mol. The molecular weight excluding hydrogens is 342 g/mol. The molecule has 1 heterocycles. The van der Waals surface area contributed by atoms with E-state index in [1.807, 2.05) is 11.5 Å². The van der Waals surface area contributed by atoms with Crippen molar-refractivity contribution in [3.05, 3.63) is 12.0 Å². The molecule has 20 heavy (non-hydrogen) atoms. The lowest BCUT2D eigenvalue weighted by Crippen LogP contribution is -2.42. The molecule has 0 spiro atoms. The Morgan fingerprint density at radius 3 is 2.80 bits per heavy atom. The summed E-state index contributed by atoms with van der Waals surface area (Å²) in [6, 6.07) is -0.0367. The fourth-order valence-electron chi connectivity index (χ4n) is 2.55. The first kappa shape index (κ1) is 16.0. The number of hydrogen-bond donors (Lipinski definition) is 1. The highest BCUT2D eigenvalue weighted by molar-refractivity contribution is 9.09. The first-order valence-electron chi connectivity index (χ1n) is 7.14. The lowest BCUT2D eigenvalue weighted by atomic mass is 9.96. The van der Waals surface area contributed by atoms with Crippen molar-refractivity contribution in [2.75, 3.05) is 0 Å². The highest BCUT2D eigenvalue weighted by Gasteiger charge is 2.29. The van der Waals surface area contributed by atoms with Gasteiger partial charge in [-0.05, 0) is 26.2 Å². The number of alkyl halides is 1. The number of imidazole rings is 1. The minimum absolute atomic E-state index is 0.0367. The van der Waals surface area contributed by atoms with Gasteiger partial charge in [0.15, 0.2) is 5.03 Å². The predicted octanol–water partition coefficient (Wildman–Crippen LogP) is 2.59. The third-order valence-electron chi connectivity index (χ3n) is 3.68. The summed E-state index contributed by atoms with van der Waals surface area (Å²) in [6.07, 6.45) is 6.70. The standard InChI is InChI=1S/C13H22BrN3O2S/c1-3-8-17-9-13(15-10(17)2)20(18,19)16-12-7-5-4-6-11(12)14/h9,11-12,16H,3-8H2,1-2H3. The van der Waals surface area contributed by atoms with Gasteiger partial charge >= 0.3 is 0 Å². The van der Waals surface area contributed by atoms with Gasteiger partial charge in [0.1, 0.15) is 5.82 Å². The van der Waals surface area contributed by atoms with Crippen molar-refractivity contribution in [3.63, 3.8) is 0 Å². The molecular formula is C13H22BrN3O2S.